The first-order valence-electron chi connectivity index (χ1n) is 7.09. The summed E-state index contributed by atoms with van der Waals surface area (Å²) in [7, 11) is 1.78. The lowest BCUT2D eigenvalue weighted by atomic mass is 10.1. The van der Waals surface area contributed by atoms with Crippen LogP contribution in [-0.4, -0.2) is 24.5 Å². The molecule has 0 saturated heterocycles. The molecule has 1 heterocycles. The van der Waals surface area contributed by atoms with Crippen LogP contribution in [0, 0.1) is 13.8 Å². The SMILES string of the molecule is CCNc1cccc(C(=O)N(C)c2ccc(C)cc2C)n1. The lowest BCUT2D eigenvalue weighted by molar-refractivity contribution is 0.0988. The van der Waals surface area contributed by atoms with Gasteiger partial charge in [-0.2, -0.15) is 0 Å². The van der Waals surface area contributed by atoms with E-state index in [1.54, 1.807) is 18.0 Å². The first-order valence-corrected chi connectivity index (χ1v) is 7.09. The van der Waals surface area contributed by atoms with E-state index in [0.29, 0.717) is 5.69 Å². The Labute approximate surface area is 125 Å². The third-order valence-corrected chi connectivity index (χ3v) is 3.34. The quantitative estimate of drug-likeness (QED) is 0.935. The van der Waals surface area contributed by atoms with Crippen LogP contribution < -0.4 is 10.2 Å². The Balaban J connectivity index is 2.28. The van der Waals surface area contributed by atoms with E-state index < -0.39 is 0 Å². The molecule has 0 spiro atoms. The van der Waals surface area contributed by atoms with Crippen molar-refractivity contribution in [3.05, 3.63) is 53.2 Å². The number of hydrogen-bond acceptors (Lipinski definition) is 3. The van der Waals surface area contributed by atoms with Gasteiger partial charge in [-0.05, 0) is 44.5 Å². The van der Waals surface area contributed by atoms with E-state index in [0.717, 1.165) is 23.6 Å². The number of aromatic nitrogens is 1. The summed E-state index contributed by atoms with van der Waals surface area (Å²) in [5.41, 5.74) is 3.61. The van der Waals surface area contributed by atoms with Gasteiger partial charge in [0.25, 0.3) is 5.91 Å². The molecule has 4 heteroatoms. The highest BCUT2D eigenvalue weighted by Gasteiger charge is 2.16. The minimum atomic E-state index is -0.110. The Bertz CT molecular complexity index is 652. The molecule has 4 nitrogen and oxygen atoms in total. The molecule has 1 aromatic carbocycles. The number of benzene rings is 1. The molecule has 0 unspecified atom stereocenters. The van der Waals surface area contributed by atoms with Crippen molar-refractivity contribution in [2.24, 2.45) is 0 Å². The number of anilines is 2. The number of amides is 1. The van der Waals surface area contributed by atoms with Gasteiger partial charge in [-0.1, -0.05) is 23.8 Å². The molecule has 110 valence electrons. The fourth-order valence-corrected chi connectivity index (χ4v) is 2.30. The molecule has 0 aliphatic heterocycles. The second-order valence-corrected chi connectivity index (χ2v) is 5.09. The third-order valence-electron chi connectivity index (χ3n) is 3.34. The van der Waals surface area contributed by atoms with Gasteiger partial charge >= 0.3 is 0 Å². The van der Waals surface area contributed by atoms with Crippen molar-refractivity contribution in [1.29, 1.82) is 0 Å². The zero-order valence-corrected chi connectivity index (χ0v) is 13.0. The van der Waals surface area contributed by atoms with Crippen LogP contribution in [-0.2, 0) is 0 Å². The number of rotatable bonds is 4. The zero-order valence-electron chi connectivity index (χ0n) is 13.0. The zero-order chi connectivity index (χ0) is 15.4. The summed E-state index contributed by atoms with van der Waals surface area (Å²) < 4.78 is 0. The Morgan fingerprint density at radius 1 is 1.24 bits per heavy atom. The minimum Gasteiger partial charge on any atom is -0.370 e. The van der Waals surface area contributed by atoms with E-state index in [1.165, 1.54) is 5.56 Å². The lowest BCUT2D eigenvalue weighted by Gasteiger charge is -2.19. The third kappa shape index (κ3) is 3.40. The predicted octanol–water partition coefficient (Wildman–Crippen LogP) is 3.41. The number of hydrogen-bond donors (Lipinski definition) is 1. The number of carbonyl (C=O) groups excluding carboxylic acids is 1. The molecule has 1 aromatic heterocycles. The normalized spacial score (nSPS) is 10.3. The number of carbonyl (C=O) groups is 1. The molecule has 0 bridgehead atoms. The van der Waals surface area contributed by atoms with Crippen LogP contribution in [0.4, 0.5) is 11.5 Å². The Morgan fingerprint density at radius 2 is 2.00 bits per heavy atom. The summed E-state index contributed by atoms with van der Waals surface area (Å²) in [6.07, 6.45) is 0. The minimum absolute atomic E-state index is 0.110. The molecule has 1 amide bonds. The standard InChI is InChI=1S/C17H21N3O/c1-5-18-16-8-6-7-14(19-16)17(21)20(4)15-10-9-12(2)11-13(15)3/h6-11H,5H2,1-4H3,(H,18,19). The molecule has 2 aromatic rings. The maximum absolute atomic E-state index is 12.6. The average Bonchev–Trinajstić information content (AvgIpc) is 2.46. The summed E-state index contributed by atoms with van der Waals surface area (Å²) >= 11 is 0. The molecule has 0 radical (unpaired) electrons. The molecular weight excluding hydrogens is 262 g/mol. The van der Waals surface area contributed by atoms with Crippen LogP contribution >= 0.6 is 0 Å². The molecule has 2 rings (SSSR count). The topological polar surface area (TPSA) is 45.2 Å². The maximum Gasteiger partial charge on any atom is 0.276 e. The summed E-state index contributed by atoms with van der Waals surface area (Å²) in [5, 5.41) is 3.12. The van der Waals surface area contributed by atoms with E-state index in [4.69, 9.17) is 0 Å². The molecule has 21 heavy (non-hydrogen) atoms. The Kier molecular flexibility index (Phi) is 4.58. The van der Waals surface area contributed by atoms with Crippen molar-refractivity contribution >= 4 is 17.4 Å². The number of aryl methyl sites for hydroxylation is 2. The highest BCUT2D eigenvalue weighted by Crippen LogP contribution is 2.21. The van der Waals surface area contributed by atoms with Crippen LogP contribution in [0.3, 0.4) is 0 Å². The fraction of sp³-hybridized carbons (Fsp3) is 0.294. The first kappa shape index (κ1) is 15.0. The van der Waals surface area contributed by atoms with Crippen molar-refractivity contribution < 1.29 is 4.79 Å². The van der Waals surface area contributed by atoms with E-state index in [2.05, 4.69) is 16.4 Å². The molecule has 1 N–H and O–H groups in total. The van der Waals surface area contributed by atoms with E-state index in [-0.39, 0.29) is 5.91 Å². The van der Waals surface area contributed by atoms with Gasteiger partial charge in [0.15, 0.2) is 0 Å². The van der Waals surface area contributed by atoms with Gasteiger partial charge in [0.05, 0.1) is 0 Å². The monoisotopic (exact) mass is 283 g/mol. The summed E-state index contributed by atoms with van der Waals surface area (Å²) in [6.45, 7) is 6.82. The van der Waals surface area contributed by atoms with Crippen molar-refractivity contribution in [3.8, 4) is 0 Å². The molecule has 0 fully saturated rings. The molecule has 0 aliphatic rings. The van der Waals surface area contributed by atoms with Gasteiger partial charge in [-0.15, -0.1) is 0 Å². The van der Waals surface area contributed by atoms with Crippen molar-refractivity contribution in [2.75, 3.05) is 23.8 Å². The van der Waals surface area contributed by atoms with Gasteiger partial charge in [0.2, 0.25) is 0 Å². The van der Waals surface area contributed by atoms with Crippen molar-refractivity contribution in [3.63, 3.8) is 0 Å². The fourth-order valence-electron chi connectivity index (χ4n) is 2.30. The van der Waals surface area contributed by atoms with Gasteiger partial charge in [-0.3, -0.25) is 4.79 Å². The van der Waals surface area contributed by atoms with Gasteiger partial charge in [0, 0.05) is 19.3 Å². The summed E-state index contributed by atoms with van der Waals surface area (Å²) in [5.74, 6) is 0.610. The Hall–Kier alpha value is -2.36. The van der Waals surface area contributed by atoms with Crippen molar-refractivity contribution in [2.45, 2.75) is 20.8 Å². The lowest BCUT2D eigenvalue weighted by Crippen LogP contribution is -2.28. The molecule has 0 saturated carbocycles. The van der Waals surface area contributed by atoms with Crippen LogP contribution in [0.15, 0.2) is 36.4 Å². The molecule has 0 atom stereocenters. The van der Waals surface area contributed by atoms with Crippen LogP contribution in [0.2, 0.25) is 0 Å². The number of nitrogens with zero attached hydrogens (tertiary/aromatic N) is 2. The summed E-state index contributed by atoms with van der Waals surface area (Å²) in [6, 6.07) is 11.5. The second kappa shape index (κ2) is 6.39. The van der Waals surface area contributed by atoms with E-state index in [1.807, 2.05) is 45.0 Å². The molecular formula is C17H21N3O. The summed E-state index contributed by atoms with van der Waals surface area (Å²) in [4.78, 5) is 18.6. The molecule has 0 aliphatic carbocycles. The van der Waals surface area contributed by atoms with E-state index >= 15 is 0 Å². The predicted molar refractivity (Wildman–Crippen MR) is 87.1 cm³/mol. The highest BCUT2D eigenvalue weighted by atomic mass is 16.2. The van der Waals surface area contributed by atoms with Gasteiger partial charge < -0.3 is 10.2 Å². The average molecular weight is 283 g/mol. The van der Waals surface area contributed by atoms with Crippen LogP contribution in [0.25, 0.3) is 0 Å². The van der Waals surface area contributed by atoms with Gasteiger partial charge in [0.1, 0.15) is 11.5 Å². The largest absolute Gasteiger partial charge is 0.370 e. The Morgan fingerprint density at radius 3 is 2.67 bits per heavy atom. The second-order valence-electron chi connectivity index (χ2n) is 5.09. The maximum atomic E-state index is 12.6. The number of nitrogens with one attached hydrogen (secondary N) is 1. The van der Waals surface area contributed by atoms with Crippen LogP contribution in [0.1, 0.15) is 28.5 Å². The van der Waals surface area contributed by atoms with Crippen molar-refractivity contribution in [1.82, 2.24) is 4.98 Å². The highest BCUT2D eigenvalue weighted by molar-refractivity contribution is 6.05. The smallest absolute Gasteiger partial charge is 0.276 e. The number of pyridine rings is 1. The first-order chi connectivity index (χ1) is 10.0. The van der Waals surface area contributed by atoms with Gasteiger partial charge in [-0.25, -0.2) is 4.98 Å². The van der Waals surface area contributed by atoms with Crippen LogP contribution in [0.5, 0.6) is 0 Å². The van der Waals surface area contributed by atoms with E-state index in [9.17, 15) is 4.79 Å².